The van der Waals surface area contributed by atoms with Crippen molar-refractivity contribution in [3.63, 3.8) is 0 Å². The third-order valence-electron chi connectivity index (χ3n) is 4.36. The smallest absolute Gasteiger partial charge is 0.261 e. The topological polar surface area (TPSA) is 75.3 Å². The van der Waals surface area contributed by atoms with Crippen LogP contribution >= 0.6 is 0 Å². The molecule has 0 aliphatic heterocycles. The summed E-state index contributed by atoms with van der Waals surface area (Å²) in [6, 6.07) is 16.3. The largest absolute Gasteiger partial charge is 0.322 e. The lowest BCUT2D eigenvalue weighted by atomic mass is 10.1. The molecule has 3 rings (SSSR count). The minimum Gasteiger partial charge on any atom is -0.322 e. The third kappa shape index (κ3) is 4.37. The Labute approximate surface area is 163 Å². The molecule has 0 atom stereocenters. The Morgan fingerprint density at radius 2 is 1.61 bits per heavy atom. The molecule has 0 heterocycles. The molecule has 0 aliphatic rings. The van der Waals surface area contributed by atoms with Crippen LogP contribution in [0, 0.1) is 19.7 Å². The van der Waals surface area contributed by atoms with Crippen LogP contribution in [0.25, 0.3) is 0 Å². The molecule has 0 spiro atoms. The van der Waals surface area contributed by atoms with Crippen molar-refractivity contribution in [2.45, 2.75) is 18.7 Å². The van der Waals surface area contributed by atoms with Gasteiger partial charge in [0.25, 0.3) is 15.9 Å². The Balaban J connectivity index is 1.83. The fourth-order valence-electron chi connectivity index (χ4n) is 2.62. The maximum absolute atomic E-state index is 13.0. The van der Waals surface area contributed by atoms with Gasteiger partial charge in [0.2, 0.25) is 0 Å². The second-order valence-corrected chi connectivity index (χ2v) is 8.02. The van der Waals surface area contributed by atoms with Crippen LogP contribution in [-0.2, 0) is 10.0 Å². The van der Waals surface area contributed by atoms with E-state index < -0.39 is 21.7 Å². The second-order valence-electron chi connectivity index (χ2n) is 6.34. The molecule has 0 saturated carbocycles. The predicted molar refractivity (Wildman–Crippen MR) is 108 cm³/mol. The van der Waals surface area contributed by atoms with Crippen molar-refractivity contribution >= 4 is 27.3 Å². The normalized spacial score (nSPS) is 11.1. The van der Waals surface area contributed by atoms with Crippen LogP contribution in [0.1, 0.15) is 21.5 Å². The van der Waals surface area contributed by atoms with Crippen LogP contribution in [0.15, 0.2) is 71.6 Å². The summed E-state index contributed by atoms with van der Waals surface area (Å²) in [7, 11) is -3.92. The van der Waals surface area contributed by atoms with Crippen LogP contribution in [0.3, 0.4) is 0 Å². The zero-order chi connectivity index (χ0) is 20.3. The van der Waals surface area contributed by atoms with Crippen LogP contribution in [-0.4, -0.2) is 14.3 Å². The van der Waals surface area contributed by atoms with Gasteiger partial charge < -0.3 is 5.32 Å². The van der Waals surface area contributed by atoms with E-state index in [4.69, 9.17) is 0 Å². The van der Waals surface area contributed by atoms with E-state index in [0.717, 1.165) is 23.3 Å². The molecule has 5 nitrogen and oxygen atoms in total. The highest BCUT2D eigenvalue weighted by Crippen LogP contribution is 2.21. The van der Waals surface area contributed by atoms with Crippen molar-refractivity contribution in [1.82, 2.24) is 0 Å². The highest BCUT2D eigenvalue weighted by Gasteiger charge is 2.17. The van der Waals surface area contributed by atoms with Gasteiger partial charge in [0.05, 0.1) is 4.90 Å². The monoisotopic (exact) mass is 398 g/mol. The van der Waals surface area contributed by atoms with E-state index >= 15 is 0 Å². The molecule has 28 heavy (non-hydrogen) atoms. The van der Waals surface area contributed by atoms with E-state index in [9.17, 15) is 17.6 Å². The molecule has 0 unspecified atom stereocenters. The van der Waals surface area contributed by atoms with Gasteiger partial charge in [-0.05, 0) is 73.5 Å². The first-order valence-corrected chi connectivity index (χ1v) is 10.0. The zero-order valence-electron chi connectivity index (χ0n) is 15.4. The Morgan fingerprint density at radius 3 is 2.32 bits per heavy atom. The summed E-state index contributed by atoms with van der Waals surface area (Å²) in [5, 5.41) is 2.81. The van der Waals surface area contributed by atoms with Gasteiger partial charge in [0, 0.05) is 16.9 Å². The number of benzene rings is 3. The van der Waals surface area contributed by atoms with Gasteiger partial charge >= 0.3 is 0 Å². The van der Waals surface area contributed by atoms with Gasteiger partial charge in [-0.15, -0.1) is 0 Å². The van der Waals surface area contributed by atoms with Gasteiger partial charge in [-0.1, -0.05) is 18.2 Å². The summed E-state index contributed by atoms with van der Waals surface area (Å²) in [6.45, 7) is 3.84. The first-order valence-electron chi connectivity index (χ1n) is 8.52. The Kier molecular flexibility index (Phi) is 5.46. The van der Waals surface area contributed by atoms with Crippen molar-refractivity contribution < 1.29 is 17.6 Å². The van der Waals surface area contributed by atoms with Gasteiger partial charge in [-0.2, -0.15) is 0 Å². The highest BCUT2D eigenvalue weighted by atomic mass is 32.2. The van der Waals surface area contributed by atoms with Crippen LogP contribution in [0.2, 0.25) is 0 Å². The summed E-state index contributed by atoms with van der Waals surface area (Å²) in [5.41, 5.74) is 3.09. The summed E-state index contributed by atoms with van der Waals surface area (Å²) >= 11 is 0. The summed E-state index contributed by atoms with van der Waals surface area (Å²) in [6.07, 6.45) is 0. The maximum atomic E-state index is 13.0. The second kappa shape index (κ2) is 7.82. The van der Waals surface area contributed by atoms with E-state index in [-0.39, 0.29) is 16.1 Å². The number of amides is 1. The molecule has 2 N–H and O–H groups in total. The predicted octanol–water partition coefficient (Wildman–Crippen LogP) is 4.50. The Bertz CT molecular complexity index is 1130. The molecular weight excluding hydrogens is 379 g/mol. The Hall–Kier alpha value is -3.19. The molecular formula is C21H19FN2O3S. The van der Waals surface area contributed by atoms with Gasteiger partial charge in [0.15, 0.2) is 0 Å². The molecule has 3 aromatic rings. The molecule has 0 radical (unpaired) electrons. The molecule has 3 aromatic carbocycles. The molecule has 0 bridgehead atoms. The average molecular weight is 398 g/mol. The molecule has 0 aromatic heterocycles. The first-order chi connectivity index (χ1) is 13.3. The van der Waals surface area contributed by atoms with E-state index in [1.54, 1.807) is 6.07 Å². The molecule has 0 saturated heterocycles. The number of halogens is 1. The standard InChI is InChI=1S/C21H19FN2O3S/c1-14-5-3-8-20(15(14)2)23-21(25)16-6-4-7-19(13-16)28(26,27)24-18-11-9-17(22)10-12-18/h3-13,24H,1-2H3,(H,23,25). The number of hydrogen-bond acceptors (Lipinski definition) is 3. The van der Waals surface area contributed by atoms with Crippen molar-refractivity contribution in [2.24, 2.45) is 0 Å². The molecule has 0 aliphatic carbocycles. The lowest BCUT2D eigenvalue weighted by Crippen LogP contribution is -2.16. The molecule has 1 amide bonds. The summed E-state index contributed by atoms with van der Waals surface area (Å²) in [5.74, 6) is -0.874. The maximum Gasteiger partial charge on any atom is 0.261 e. The van der Waals surface area contributed by atoms with E-state index in [2.05, 4.69) is 10.0 Å². The van der Waals surface area contributed by atoms with Crippen molar-refractivity contribution in [3.8, 4) is 0 Å². The van der Waals surface area contributed by atoms with E-state index in [0.29, 0.717) is 5.69 Å². The van der Waals surface area contributed by atoms with E-state index in [1.807, 2.05) is 26.0 Å². The third-order valence-corrected chi connectivity index (χ3v) is 5.73. The summed E-state index contributed by atoms with van der Waals surface area (Å²) in [4.78, 5) is 12.5. The average Bonchev–Trinajstić information content (AvgIpc) is 2.67. The van der Waals surface area contributed by atoms with Crippen molar-refractivity contribution in [3.05, 3.63) is 89.2 Å². The number of carbonyl (C=O) groups excluding carboxylic acids is 1. The fraction of sp³-hybridized carbons (Fsp3) is 0.0952. The quantitative estimate of drug-likeness (QED) is 0.665. The van der Waals surface area contributed by atoms with Crippen molar-refractivity contribution in [2.75, 3.05) is 10.0 Å². The number of nitrogens with one attached hydrogen (secondary N) is 2. The van der Waals surface area contributed by atoms with Crippen LogP contribution in [0.5, 0.6) is 0 Å². The lowest BCUT2D eigenvalue weighted by Gasteiger charge is -2.12. The SMILES string of the molecule is Cc1cccc(NC(=O)c2cccc(S(=O)(=O)Nc3ccc(F)cc3)c2)c1C. The number of rotatable bonds is 5. The summed E-state index contributed by atoms with van der Waals surface area (Å²) < 4.78 is 40.5. The van der Waals surface area contributed by atoms with Gasteiger partial charge in [-0.3, -0.25) is 9.52 Å². The lowest BCUT2D eigenvalue weighted by molar-refractivity contribution is 0.102. The number of sulfonamides is 1. The number of anilines is 2. The molecule has 7 heteroatoms. The van der Waals surface area contributed by atoms with Crippen LogP contribution < -0.4 is 10.0 Å². The van der Waals surface area contributed by atoms with Gasteiger partial charge in [-0.25, -0.2) is 12.8 Å². The zero-order valence-corrected chi connectivity index (χ0v) is 16.2. The fourth-order valence-corrected chi connectivity index (χ4v) is 3.72. The van der Waals surface area contributed by atoms with Crippen LogP contribution in [0.4, 0.5) is 15.8 Å². The highest BCUT2D eigenvalue weighted by molar-refractivity contribution is 7.92. The van der Waals surface area contributed by atoms with E-state index in [1.165, 1.54) is 36.4 Å². The number of carbonyl (C=O) groups is 1. The molecule has 0 fully saturated rings. The minimum atomic E-state index is -3.92. The first kappa shape index (κ1) is 19.6. The minimum absolute atomic E-state index is 0.0644. The van der Waals surface area contributed by atoms with Crippen molar-refractivity contribution in [1.29, 1.82) is 0 Å². The van der Waals surface area contributed by atoms with Gasteiger partial charge in [0.1, 0.15) is 5.82 Å². The Morgan fingerprint density at radius 1 is 0.929 bits per heavy atom. The number of aryl methyl sites for hydroxylation is 1. The number of hydrogen-bond donors (Lipinski definition) is 2. The molecule has 144 valence electrons.